The molecule has 2 N–H and O–H groups in total. The molecule has 0 saturated carbocycles. The van der Waals surface area contributed by atoms with Crippen molar-refractivity contribution in [1.29, 1.82) is 0 Å². The van der Waals surface area contributed by atoms with Gasteiger partial charge in [0.25, 0.3) is 0 Å². The van der Waals surface area contributed by atoms with Crippen molar-refractivity contribution in [3.63, 3.8) is 0 Å². The number of carbonyl (C=O) groups excluding carboxylic acids is 1. The Balaban J connectivity index is 1.62. The summed E-state index contributed by atoms with van der Waals surface area (Å²) < 4.78 is 17.1. The van der Waals surface area contributed by atoms with Crippen molar-refractivity contribution in [2.75, 3.05) is 59.7 Å². The lowest BCUT2D eigenvalue weighted by atomic mass is 9.97. The van der Waals surface area contributed by atoms with E-state index >= 15 is 0 Å². The highest BCUT2D eigenvalue weighted by molar-refractivity contribution is 5.76. The predicted octanol–water partition coefficient (Wildman–Crippen LogP) is 1.10. The van der Waals surface area contributed by atoms with Gasteiger partial charge in [0.05, 0.1) is 26.2 Å². The number of nitrogens with two attached hydrogens (primary N) is 1. The number of likely N-dealkylation sites (tertiary alicyclic amines) is 1. The highest BCUT2D eigenvalue weighted by Crippen LogP contribution is 2.32. The predicted molar refractivity (Wildman–Crippen MR) is 103 cm³/mol. The number of hydrogen-bond donors (Lipinski definition) is 1. The van der Waals surface area contributed by atoms with Crippen molar-refractivity contribution in [2.24, 2.45) is 11.7 Å². The third kappa shape index (κ3) is 5.57. The van der Waals surface area contributed by atoms with Gasteiger partial charge in [-0.3, -0.25) is 14.6 Å². The van der Waals surface area contributed by atoms with Gasteiger partial charge in [0.2, 0.25) is 5.91 Å². The molecule has 3 rings (SSSR count). The maximum Gasteiger partial charge on any atom is 0.221 e. The van der Waals surface area contributed by atoms with Gasteiger partial charge in [0.1, 0.15) is 6.61 Å². The van der Waals surface area contributed by atoms with Crippen LogP contribution in [-0.2, 0) is 16.1 Å². The summed E-state index contributed by atoms with van der Waals surface area (Å²) in [6.45, 7) is 7.36. The average Bonchev–Trinajstić information content (AvgIpc) is 2.70. The maximum atomic E-state index is 11.5. The van der Waals surface area contributed by atoms with Crippen LogP contribution in [0, 0.1) is 5.92 Å². The quantitative estimate of drug-likeness (QED) is 0.731. The Morgan fingerprint density at radius 3 is 2.81 bits per heavy atom. The molecule has 0 aliphatic carbocycles. The molecule has 1 amide bonds. The summed E-state index contributed by atoms with van der Waals surface area (Å²) in [6.07, 6.45) is 1.87. The number of carbonyl (C=O) groups is 1. The summed E-state index contributed by atoms with van der Waals surface area (Å²) in [7, 11) is 1.66. The molecule has 1 aromatic carbocycles. The number of primary amides is 1. The van der Waals surface area contributed by atoms with E-state index in [1.54, 1.807) is 7.11 Å². The Hall–Kier alpha value is -1.83. The molecule has 0 unspecified atom stereocenters. The standard InChI is InChI=1S/C20H31N3O4/c1-25-18-6-2-4-16(14-23-7-3-5-17(15-23)20(21)24)19(18)27-13-10-22-8-11-26-12-9-22/h2,4,6,17H,3,5,7-15H2,1H3,(H2,21,24)/t17-/m1/s1. The minimum Gasteiger partial charge on any atom is -0.493 e. The molecule has 150 valence electrons. The first-order chi connectivity index (χ1) is 13.2. The van der Waals surface area contributed by atoms with Crippen molar-refractivity contribution in [3.8, 4) is 11.5 Å². The number of amides is 1. The van der Waals surface area contributed by atoms with Gasteiger partial charge in [-0.05, 0) is 25.5 Å². The first-order valence-electron chi connectivity index (χ1n) is 9.78. The molecule has 0 bridgehead atoms. The molecule has 2 aliphatic rings. The van der Waals surface area contributed by atoms with E-state index in [0.29, 0.717) is 13.2 Å². The van der Waals surface area contributed by atoms with Gasteiger partial charge in [-0.15, -0.1) is 0 Å². The van der Waals surface area contributed by atoms with Crippen molar-refractivity contribution in [1.82, 2.24) is 9.80 Å². The van der Waals surface area contributed by atoms with Crippen LogP contribution in [0.3, 0.4) is 0 Å². The number of para-hydroxylation sites is 1. The van der Waals surface area contributed by atoms with E-state index in [9.17, 15) is 4.79 Å². The van der Waals surface area contributed by atoms with Crippen molar-refractivity contribution >= 4 is 5.91 Å². The van der Waals surface area contributed by atoms with E-state index in [4.69, 9.17) is 19.9 Å². The molecular formula is C20H31N3O4. The van der Waals surface area contributed by atoms with Crippen LogP contribution in [0.4, 0.5) is 0 Å². The van der Waals surface area contributed by atoms with Gasteiger partial charge < -0.3 is 19.9 Å². The van der Waals surface area contributed by atoms with Gasteiger partial charge in [-0.2, -0.15) is 0 Å². The normalized spacial score (nSPS) is 21.7. The van der Waals surface area contributed by atoms with Gasteiger partial charge in [0.15, 0.2) is 11.5 Å². The minimum atomic E-state index is -0.202. The van der Waals surface area contributed by atoms with Gasteiger partial charge in [-0.1, -0.05) is 12.1 Å². The molecule has 2 fully saturated rings. The molecule has 1 atom stereocenters. The fourth-order valence-corrected chi connectivity index (χ4v) is 3.78. The number of piperidine rings is 1. The van der Waals surface area contributed by atoms with E-state index in [0.717, 1.165) is 75.8 Å². The zero-order valence-electron chi connectivity index (χ0n) is 16.2. The van der Waals surface area contributed by atoms with Crippen molar-refractivity contribution in [3.05, 3.63) is 23.8 Å². The molecule has 0 radical (unpaired) electrons. The van der Waals surface area contributed by atoms with Crippen LogP contribution in [0.25, 0.3) is 0 Å². The van der Waals surface area contributed by atoms with Crippen LogP contribution in [-0.4, -0.2) is 75.4 Å². The second-order valence-corrected chi connectivity index (χ2v) is 7.23. The molecule has 2 heterocycles. The lowest BCUT2D eigenvalue weighted by Gasteiger charge is -2.31. The molecular weight excluding hydrogens is 346 g/mol. The summed E-state index contributed by atoms with van der Waals surface area (Å²) in [4.78, 5) is 16.2. The first-order valence-corrected chi connectivity index (χ1v) is 9.78. The van der Waals surface area contributed by atoms with Gasteiger partial charge in [0, 0.05) is 38.3 Å². The van der Waals surface area contributed by atoms with Crippen LogP contribution < -0.4 is 15.2 Å². The van der Waals surface area contributed by atoms with Crippen LogP contribution in [0.1, 0.15) is 18.4 Å². The fraction of sp³-hybridized carbons (Fsp3) is 0.650. The smallest absolute Gasteiger partial charge is 0.221 e. The number of rotatable bonds is 8. The largest absolute Gasteiger partial charge is 0.493 e. The third-order valence-corrected chi connectivity index (χ3v) is 5.34. The number of benzene rings is 1. The Morgan fingerprint density at radius 1 is 1.26 bits per heavy atom. The Bertz CT molecular complexity index is 619. The molecule has 7 heteroatoms. The number of nitrogens with zero attached hydrogens (tertiary/aromatic N) is 2. The van der Waals surface area contributed by atoms with Crippen LogP contribution in [0.15, 0.2) is 18.2 Å². The molecule has 7 nitrogen and oxygen atoms in total. The van der Waals surface area contributed by atoms with Crippen LogP contribution in [0.2, 0.25) is 0 Å². The number of methoxy groups -OCH3 is 1. The Morgan fingerprint density at radius 2 is 2.07 bits per heavy atom. The summed E-state index contributed by atoms with van der Waals surface area (Å²) in [6, 6.07) is 5.98. The van der Waals surface area contributed by atoms with E-state index in [1.165, 1.54) is 0 Å². The fourth-order valence-electron chi connectivity index (χ4n) is 3.78. The van der Waals surface area contributed by atoms with E-state index in [2.05, 4.69) is 15.9 Å². The minimum absolute atomic E-state index is 0.0601. The first kappa shape index (κ1) is 19.9. The maximum absolute atomic E-state index is 11.5. The van der Waals surface area contributed by atoms with Crippen molar-refractivity contribution < 1.29 is 19.0 Å². The number of ether oxygens (including phenoxy) is 3. The summed E-state index contributed by atoms with van der Waals surface area (Å²) in [5.41, 5.74) is 6.60. The third-order valence-electron chi connectivity index (χ3n) is 5.34. The average molecular weight is 377 g/mol. The van der Waals surface area contributed by atoms with Crippen LogP contribution in [0.5, 0.6) is 11.5 Å². The highest BCUT2D eigenvalue weighted by atomic mass is 16.5. The lowest BCUT2D eigenvalue weighted by molar-refractivity contribution is -0.123. The number of hydrogen-bond acceptors (Lipinski definition) is 6. The van der Waals surface area contributed by atoms with Gasteiger partial charge >= 0.3 is 0 Å². The zero-order valence-corrected chi connectivity index (χ0v) is 16.2. The molecule has 0 spiro atoms. The molecule has 0 aromatic heterocycles. The van der Waals surface area contributed by atoms with E-state index in [-0.39, 0.29) is 11.8 Å². The Kier molecular flexibility index (Phi) is 7.32. The van der Waals surface area contributed by atoms with E-state index < -0.39 is 0 Å². The highest BCUT2D eigenvalue weighted by Gasteiger charge is 2.25. The SMILES string of the molecule is COc1cccc(CN2CCC[C@@H](C(N)=O)C2)c1OCCN1CCOCC1. The molecule has 27 heavy (non-hydrogen) atoms. The Labute approximate surface area is 161 Å². The summed E-state index contributed by atoms with van der Waals surface area (Å²) in [5.74, 6) is 1.29. The van der Waals surface area contributed by atoms with E-state index in [1.807, 2.05) is 12.1 Å². The molecule has 2 aliphatic heterocycles. The summed E-state index contributed by atoms with van der Waals surface area (Å²) in [5, 5.41) is 0. The second kappa shape index (κ2) is 9.92. The molecule has 2 saturated heterocycles. The topological polar surface area (TPSA) is 77.3 Å². The lowest BCUT2D eigenvalue weighted by Crippen LogP contribution is -2.40. The zero-order chi connectivity index (χ0) is 19.1. The second-order valence-electron chi connectivity index (χ2n) is 7.23. The summed E-state index contributed by atoms with van der Waals surface area (Å²) >= 11 is 0. The monoisotopic (exact) mass is 377 g/mol. The number of morpholine rings is 1. The van der Waals surface area contributed by atoms with Crippen molar-refractivity contribution in [2.45, 2.75) is 19.4 Å². The van der Waals surface area contributed by atoms with Crippen LogP contribution >= 0.6 is 0 Å². The molecule has 1 aromatic rings. The van der Waals surface area contributed by atoms with Gasteiger partial charge in [-0.25, -0.2) is 0 Å².